The molecule has 5 heteroatoms. The van der Waals surface area contributed by atoms with E-state index in [1.165, 1.54) is 0 Å². The first-order chi connectivity index (χ1) is 12.2. The van der Waals surface area contributed by atoms with Crippen molar-refractivity contribution >= 4 is 16.9 Å². The van der Waals surface area contributed by atoms with Gasteiger partial charge in [-0.15, -0.1) is 0 Å². The van der Waals surface area contributed by atoms with Gasteiger partial charge in [0.05, 0.1) is 0 Å². The summed E-state index contributed by atoms with van der Waals surface area (Å²) in [6.45, 7) is 11.8. The Kier molecular flexibility index (Phi) is 6.46. The summed E-state index contributed by atoms with van der Waals surface area (Å²) in [6, 6.07) is 7.13. The standard InChI is InChI=1S/C21H29NO4/c1-7-8-16-11-20(23)26-19-12-17(9-10-18(16)19)25-15(6)21(24)22(13(2)3)14(4)5/h9-15H,7-8H2,1-6H3. The first-order valence-electron chi connectivity index (χ1n) is 9.30. The summed E-state index contributed by atoms with van der Waals surface area (Å²) in [6.07, 6.45) is 1.14. The fraction of sp³-hybridized carbons (Fsp3) is 0.524. The normalized spacial score (nSPS) is 12.6. The fourth-order valence-electron chi connectivity index (χ4n) is 3.33. The third kappa shape index (κ3) is 4.45. The van der Waals surface area contributed by atoms with Crippen LogP contribution in [0.2, 0.25) is 0 Å². The molecule has 142 valence electrons. The highest BCUT2D eigenvalue weighted by atomic mass is 16.5. The van der Waals surface area contributed by atoms with Crippen LogP contribution < -0.4 is 10.4 Å². The maximum absolute atomic E-state index is 12.7. The van der Waals surface area contributed by atoms with Gasteiger partial charge in [-0.05, 0) is 58.7 Å². The Morgan fingerprint density at radius 3 is 2.35 bits per heavy atom. The maximum atomic E-state index is 12.7. The van der Waals surface area contributed by atoms with Gasteiger partial charge in [0.2, 0.25) is 0 Å². The summed E-state index contributed by atoms with van der Waals surface area (Å²) in [4.78, 5) is 26.3. The van der Waals surface area contributed by atoms with Gasteiger partial charge in [-0.25, -0.2) is 4.79 Å². The first kappa shape index (κ1) is 20.0. The van der Waals surface area contributed by atoms with E-state index in [0.29, 0.717) is 11.3 Å². The van der Waals surface area contributed by atoms with Gasteiger partial charge in [0, 0.05) is 29.6 Å². The third-order valence-corrected chi connectivity index (χ3v) is 4.35. The zero-order chi connectivity index (χ0) is 19.4. The zero-order valence-corrected chi connectivity index (χ0v) is 16.5. The highest BCUT2D eigenvalue weighted by molar-refractivity contribution is 5.83. The Hall–Kier alpha value is -2.30. The molecule has 2 aromatic rings. The lowest BCUT2D eigenvalue weighted by molar-refractivity contribution is -0.141. The number of carbonyl (C=O) groups is 1. The van der Waals surface area contributed by atoms with Crippen LogP contribution in [0.15, 0.2) is 33.5 Å². The van der Waals surface area contributed by atoms with E-state index in [9.17, 15) is 9.59 Å². The number of carbonyl (C=O) groups excluding carboxylic acids is 1. The molecule has 0 saturated heterocycles. The van der Waals surface area contributed by atoms with Crippen LogP contribution in [0.3, 0.4) is 0 Å². The van der Waals surface area contributed by atoms with Crippen LogP contribution in [-0.2, 0) is 11.2 Å². The minimum Gasteiger partial charge on any atom is -0.481 e. The number of aryl methyl sites for hydroxylation is 1. The molecule has 0 radical (unpaired) electrons. The smallest absolute Gasteiger partial charge is 0.336 e. The van der Waals surface area contributed by atoms with Crippen molar-refractivity contribution in [1.82, 2.24) is 4.90 Å². The first-order valence-corrected chi connectivity index (χ1v) is 9.30. The van der Waals surface area contributed by atoms with E-state index in [1.807, 2.05) is 44.7 Å². The molecule has 1 atom stereocenters. The Morgan fingerprint density at radius 1 is 1.12 bits per heavy atom. The van der Waals surface area contributed by atoms with Crippen molar-refractivity contribution < 1.29 is 13.9 Å². The van der Waals surface area contributed by atoms with E-state index in [-0.39, 0.29) is 23.6 Å². The maximum Gasteiger partial charge on any atom is 0.336 e. The molecule has 1 aromatic carbocycles. The number of nitrogens with zero attached hydrogens (tertiary/aromatic N) is 1. The molecule has 1 unspecified atom stereocenters. The number of hydrogen-bond acceptors (Lipinski definition) is 4. The molecule has 1 heterocycles. The average Bonchev–Trinajstić information content (AvgIpc) is 2.53. The minimum atomic E-state index is -0.622. The summed E-state index contributed by atoms with van der Waals surface area (Å²) in [5, 5.41) is 0.906. The van der Waals surface area contributed by atoms with E-state index in [2.05, 4.69) is 6.92 Å². The molecule has 26 heavy (non-hydrogen) atoms. The predicted octanol–water partition coefficient (Wildman–Crippen LogP) is 4.16. The molecular formula is C21H29NO4. The molecule has 0 N–H and O–H groups in total. The Labute approximate surface area is 154 Å². The lowest BCUT2D eigenvalue weighted by Crippen LogP contribution is -2.47. The van der Waals surface area contributed by atoms with E-state index in [0.717, 1.165) is 23.8 Å². The summed E-state index contributed by atoms with van der Waals surface area (Å²) < 4.78 is 11.2. The summed E-state index contributed by atoms with van der Waals surface area (Å²) in [5.41, 5.74) is 1.09. The molecule has 0 bridgehead atoms. The van der Waals surface area contributed by atoms with Crippen molar-refractivity contribution in [2.45, 2.75) is 72.6 Å². The molecule has 1 amide bonds. The fourth-order valence-corrected chi connectivity index (χ4v) is 3.33. The van der Waals surface area contributed by atoms with Gasteiger partial charge in [0.25, 0.3) is 5.91 Å². The molecule has 2 rings (SSSR count). The van der Waals surface area contributed by atoms with Crippen molar-refractivity contribution in [2.75, 3.05) is 0 Å². The monoisotopic (exact) mass is 359 g/mol. The van der Waals surface area contributed by atoms with Crippen molar-refractivity contribution in [2.24, 2.45) is 0 Å². The predicted molar refractivity (Wildman–Crippen MR) is 104 cm³/mol. The Morgan fingerprint density at radius 2 is 1.77 bits per heavy atom. The van der Waals surface area contributed by atoms with E-state index >= 15 is 0 Å². The lowest BCUT2D eigenvalue weighted by Gasteiger charge is -2.33. The van der Waals surface area contributed by atoms with Crippen LogP contribution >= 0.6 is 0 Å². The second-order valence-electron chi connectivity index (χ2n) is 7.19. The number of ether oxygens (including phenoxy) is 1. The topological polar surface area (TPSA) is 59.8 Å². The van der Waals surface area contributed by atoms with Crippen LogP contribution in [-0.4, -0.2) is 29.0 Å². The molecule has 5 nitrogen and oxygen atoms in total. The Bertz CT molecular complexity index is 814. The van der Waals surface area contributed by atoms with Crippen molar-refractivity contribution in [3.05, 3.63) is 40.2 Å². The second kappa shape index (κ2) is 8.39. The van der Waals surface area contributed by atoms with Gasteiger partial charge in [-0.1, -0.05) is 13.3 Å². The van der Waals surface area contributed by atoms with Crippen LogP contribution in [0, 0.1) is 0 Å². The van der Waals surface area contributed by atoms with Gasteiger partial charge >= 0.3 is 5.63 Å². The Balaban J connectivity index is 2.28. The van der Waals surface area contributed by atoms with Gasteiger partial charge < -0.3 is 14.1 Å². The van der Waals surface area contributed by atoms with Gasteiger partial charge in [-0.3, -0.25) is 4.79 Å². The number of rotatable bonds is 7. The van der Waals surface area contributed by atoms with E-state index < -0.39 is 6.10 Å². The molecular weight excluding hydrogens is 330 g/mol. The number of amides is 1. The van der Waals surface area contributed by atoms with Crippen LogP contribution in [0.25, 0.3) is 11.0 Å². The summed E-state index contributed by atoms with van der Waals surface area (Å²) >= 11 is 0. The highest BCUT2D eigenvalue weighted by Crippen LogP contribution is 2.24. The SMILES string of the molecule is CCCc1cc(=O)oc2cc(OC(C)C(=O)N(C(C)C)C(C)C)ccc12. The third-order valence-electron chi connectivity index (χ3n) is 4.35. The minimum absolute atomic E-state index is 0.0590. The largest absolute Gasteiger partial charge is 0.481 e. The van der Waals surface area contributed by atoms with Gasteiger partial charge in [0.15, 0.2) is 6.10 Å². The molecule has 0 fully saturated rings. The quantitative estimate of drug-likeness (QED) is 0.697. The van der Waals surface area contributed by atoms with Gasteiger partial charge in [-0.2, -0.15) is 0 Å². The van der Waals surface area contributed by atoms with Crippen molar-refractivity contribution in [1.29, 1.82) is 0 Å². The zero-order valence-electron chi connectivity index (χ0n) is 16.5. The van der Waals surface area contributed by atoms with E-state index in [1.54, 1.807) is 19.1 Å². The summed E-state index contributed by atoms with van der Waals surface area (Å²) in [5.74, 6) is 0.457. The number of benzene rings is 1. The second-order valence-corrected chi connectivity index (χ2v) is 7.19. The van der Waals surface area contributed by atoms with Crippen molar-refractivity contribution in [3.8, 4) is 5.75 Å². The number of hydrogen-bond donors (Lipinski definition) is 0. The molecule has 0 saturated carbocycles. The van der Waals surface area contributed by atoms with Gasteiger partial charge in [0.1, 0.15) is 11.3 Å². The van der Waals surface area contributed by atoms with Crippen LogP contribution in [0.1, 0.15) is 53.5 Å². The van der Waals surface area contributed by atoms with Crippen LogP contribution in [0.4, 0.5) is 0 Å². The van der Waals surface area contributed by atoms with Crippen molar-refractivity contribution in [3.63, 3.8) is 0 Å². The molecule has 0 spiro atoms. The average molecular weight is 359 g/mol. The highest BCUT2D eigenvalue weighted by Gasteiger charge is 2.26. The molecule has 0 aliphatic carbocycles. The molecule has 0 aliphatic heterocycles. The molecule has 0 aliphatic rings. The number of fused-ring (bicyclic) bond motifs is 1. The molecule has 1 aromatic heterocycles. The summed E-state index contributed by atoms with van der Waals surface area (Å²) in [7, 11) is 0. The van der Waals surface area contributed by atoms with E-state index in [4.69, 9.17) is 9.15 Å². The van der Waals surface area contributed by atoms with Crippen LogP contribution in [0.5, 0.6) is 5.75 Å². The lowest BCUT2D eigenvalue weighted by atomic mass is 10.1.